The Balaban J connectivity index is 0.00000300. The van der Waals surface area contributed by atoms with Gasteiger partial charge in [-0.15, -0.1) is 12.4 Å². The van der Waals surface area contributed by atoms with Crippen LogP contribution in [0.3, 0.4) is 0 Å². The second kappa shape index (κ2) is 12.2. The van der Waals surface area contributed by atoms with Gasteiger partial charge in [-0.1, -0.05) is 60.1 Å². The molecule has 5 heteroatoms. The van der Waals surface area contributed by atoms with Crippen molar-refractivity contribution in [2.24, 2.45) is 0 Å². The molecule has 0 saturated carbocycles. The summed E-state index contributed by atoms with van der Waals surface area (Å²) >= 11 is 9.55. The lowest BCUT2D eigenvalue weighted by Gasteiger charge is -2.15. The first-order valence-electron chi connectivity index (χ1n) is 9.53. The van der Waals surface area contributed by atoms with Crippen LogP contribution in [0.2, 0.25) is 5.02 Å². The molecule has 1 atom stereocenters. The third-order valence-corrected chi connectivity index (χ3v) is 5.54. The first-order valence-corrected chi connectivity index (χ1v) is 10.7. The van der Waals surface area contributed by atoms with Gasteiger partial charge in [0.25, 0.3) is 0 Å². The molecule has 0 fully saturated rings. The maximum atomic E-state index is 5.92. The molecule has 3 aromatic carbocycles. The van der Waals surface area contributed by atoms with Gasteiger partial charge in [0.1, 0.15) is 12.4 Å². The Morgan fingerprint density at radius 3 is 2.31 bits per heavy atom. The normalized spacial score (nSPS) is 11.6. The number of ether oxygens (including phenoxy) is 1. The van der Waals surface area contributed by atoms with E-state index in [1.54, 1.807) is 0 Å². The molecule has 3 aromatic rings. The number of rotatable bonds is 9. The number of aryl methyl sites for hydroxylation is 1. The zero-order chi connectivity index (χ0) is 19.8. The minimum absolute atomic E-state index is 0. The Morgan fingerprint density at radius 2 is 1.62 bits per heavy atom. The average Bonchev–Trinajstić information content (AvgIpc) is 2.72. The highest BCUT2D eigenvalue weighted by atomic mass is 79.9. The van der Waals surface area contributed by atoms with E-state index in [0.29, 0.717) is 12.6 Å². The van der Waals surface area contributed by atoms with E-state index < -0.39 is 0 Å². The molecular formula is C24H26BrCl2NO. The Kier molecular flexibility index (Phi) is 10.0. The van der Waals surface area contributed by atoms with Gasteiger partial charge in [0.15, 0.2) is 0 Å². The molecule has 0 aliphatic heterocycles. The van der Waals surface area contributed by atoms with Gasteiger partial charge >= 0.3 is 0 Å². The standard InChI is InChI=1S/C24H25BrClNO.ClH/c1-18(7-8-19-5-3-2-4-6-19)27-16-21-11-14-24(23(25)15-21)28-17-20-9-12-22(26)13-10-20;/h2-6,9-15,18,27H,7-8,16-17H2,1H3;1H. The van der Waals surface area contributed by atoms with E-state index in [2.05, 4.69) is 70.6 Å². The van der Waals surface area contributed by atoms with Gasteiger partial charge in [0.05, 0.1) is 4.47 Å². The molecule has 0 bridgehead atoms. The molecule has 3 rings (SSSR count). The fraction of sp³-hybridized carbons (Fsp3) is 0.250. The molecule has 0 aromatic heterocycles. The summed E-state index contributed by atoms with van der Waals surface area (Å²) in [4.78, 5) is 0. The summed E-state index contributed by atoms with van der Waals surface area (Å²) in [7, 11) is 0. The van der Waals surface area contributed by atoms with Crippen LogP contribution in [0.5, 0.6) is 5.75 Å². The Bertz CT molecular complexity index is 872. The van der Waals surface area contributed by atoms with E-state index in [1.807, 2.05) is 30.3 Å². The van der Waals surface area contributed by atoms with Crippen LogP contribution in [0.25, 0.3) is 0 Å². The van der Waals surface area contributed by atoms with E-state index in [-0.39, 0.29) is 12.4 Å². The van der Waals surface area contributed by atoms with Gasteiger partial charge in [0, 0.05) is 17.6 Å². The summed E-state index contributed by atoms with van der Waals surface area (Å²) in [6, 6.07) is 25.1. The fourth-order valence-corrected chi connectivity index (χ4v) is 3.60. The highest BCUT2D eigenvalue weighted by molar-refractivity contribution is 9.10. The number of hydrogen-bond donors (Lipinski definition) is 1. The number of hydrogen-bond acceptors (Lipinski definition) is 2. The van der Waals surface area contributed by atoms with E-state index in [4.69, 9.17) is 16.3 Å². The predicted octanol–water partition coefficient (Wildman–Crippen LogP) is 7.21. The van der Waals surface area contributed by atoms with Crippen LogP contribution in [0, 0.1) is 0 Å². The van der Waals surface area contributed by atoms with Crippen molar-refractivity contribution >= 4 is 39.9 Å². The summed E-state index contributed by atoms with van der Waals surface area (Å²) in [6.45, 7) is 3.59. The molecule has 0 amide bonds. The molecule has 0 aliphatic rings. The van der Waals surface area contributed by atoms with Gasteiger partial charge in [-0.05, 0) is 76.7 Å². The second-order valence-corrected chi connectivity index (χ2v) is 8.28. The zero-order valence-electron chi connectivity index (χ0n) is 16.4. The molecule has 0 aliphatic carbocycles. The number of nitrogens with one attached hydrogen (secondary N) is 1. The molecule has 0 heterocycles. The van der Waals surface area contributed by atoms with Gasteiger partial charge in [0.2, 0.25) is 0 Å². The molecular weight excluding hydrogens is 469 g/mol. The van der Waals surface area contributed by atoms with Crippen LogP contribution < -0.4 is 10.1 Å². The maximum Gasteiger partial charge on any atom is 0.134 e. The van der Waals surface area contributed by atoms with Crippen LogP contribution in [0.4, 0.5) is 0 Å². The molecule has 0 saturated heterocycles. The lowest BCUT2D eigenvalue weighted by atomic mass is 10.1. The highest BCUT2D eigenvalue weighted by Gasteiger charge is 2.06. The smallest absolute Gasteiger partial charge is 0.134 e. The van der Waals surface area contributed by atoms with Crippen molar-refractivity contribution in [1.29, 1.82) is 0 Å². The van der Waals surface area contributed by atoms with Crippen LogP contribution in [0.1, 0.15) is 30.0 Å². The van der Waals surface area contributed by atoms with E-state index in [9.17, 15) is 0 Å². The molecule has 29 heavy (non-hydrogen) atoms. The monoisotopic (exact) mass is 493 g/mol. The van der Waals surface area contributed by atoms with Crippen LogP contribution in [-0.2, 0) is 19.6 Å². The molecule has 154 valence electrons. The summed E-state index contributed by atoms with van der Waals surface area (Å²) in [5.41, 5.74) is 3.72. The van der Waals surface area contributed by atoms with Crippen molar-refractivity contribution in [3.05, 3.63) is 99.0 Å². The van der Waals surface area contributed by atoms with Crippen molar-refractivity contribution < 1.29 is 4.74 Å². The van der Waals surface area contributed by atoms with Crippen molar-refractivity contribution in [2.75, 3.05) is 0 Å². The Morgan fingerprint density at radius 1 is 0.931 bits per heavy atom. The fourth-order valence-electron chi connectivity index (χ4n) is 2.94. The summed E-state index contributed by atoms with van der Waals surface area (Å²) < 4.78 is 6.89. The molecule has 0 spiro atoms. The topological polar surface area (TPSA) is 21.3 Å². The minimum atomic E-state index is 0. The lowest BCUT2D eigenvalue weighted by Crippen LogP contribution is -2.25. The van der Waals surface area contributed by atoms with Crippen LogP contribution in [0.15, 0.2) is 77.3 Å². The predicted molar refractivity (Wildman–Crippen MR) is 128 cm³/mol. The molecule has 0 radical (unpaired) electrons. The van der Waals surface area contributed by atoms with Crippen LogP contribution >= 0.6 is 39.9 Å². The first kappa shape index (κ1) is 23.8. The quantitative estimate of drug-likeness (QED) is 0.339. The highest BCUT2D eigenvalue weighted by Crippen LogP contribution is 2.27. The summed E-state index contributed by atoms with van der Waals surface area (Å²) in [5.74, 6) is 0.843. The third kappa shape index (κ3) is 8.02. The minimum Gasteiger partial charge on any atom is -0.488 e. The Hall–Kier alpha value is -1.52. The van der Waals surface area contributed by atoms with Crippen molar-refractivity contribution in [2.45, 2.75) is 39.0 Å². The molecule has 1 N–H and O–H groups in total. The van der Waals surface area contributed by atoms with Crippen molar-refractivity contribution in [3.63, 3.8) is 0 Å². The molecule has 1 unspecified atom stereocenters. The summed E-state index contributed by atoms with van der Waals surface area (Å²) in [5, 5.41) is 4.34. The largest absolute Gasteiger partial charge is 0.488 e. The van der Waals surface area contributed by atoms with E-state index in [1.165, 1.54) is 11.1 Å². The number of halogens is 3. The van der Waals surface area contributed by atoms with Crippen molar-refractivity contribution in [1.82, 2.24) is 5.32 Å². The SMILES string of the molecule is CC(CCc1ccccc1)NCc1ccc(OCc2ccc(Cl)cc2)c(Br)c1.Cl. The summed E-state index contributed by atoms with van der Waals surface area (Å²) in [6.07, 6.45) is 2.21. The van der Waals surface area contributed by atoms with E-state index in [0.717, 1.165) is 40.2 Å². The second-order valence-electron chi connectivity index (χ2n) is 6.99. The van der Waals surface area contributed by atoms with Crippen LogP contribution in [-0.4, -0.2) is 6.04 Å². The van der Waals surface area contributed by atoms with Gasteiger partial charge < -0.3 is 10.1 Å². The average molecular weight is 495 g/mol. The van der Waals surface area contributed by atoms with Gasteiger partial charge in [-0.25, -0.2) is 0 Å². The molecule has 2 nitrogen and oxygen atoms in total. The number of benzene rings is 3. The Labute approximate surface area is 193 Å². The first-order chi connectivity index (χ1) is 13.6. The van der Waals surface area contributed by atoms with E-state index >= 15 is 0 Å². The lowest BCUT2D eigenvalue weighted by molar-refractivity contribution is 0.304. The van der Waals surface area contributed by atoms with Gasteiger partial charge in [-0.3, -0.25) is 0 Å². The maximum absolute atomic E-state index is 5.92. The van der Waals surface area contributed by atoms with Gasteiger partial charge in [-0.2, -0.15) is 0 Å². The van der Waals surface area contributed by atoms with Crippen molar-refractivity contribution in [3.8, 4) is 5.75 Å². The zero-order valence-corrected chi connectivity index (χ0v) is 19.6. The third-order valence-electron chi connectivity index (χ3n) is 4.67.